The van der Waals surface area contributed by atoms with Gasteiger partial charge in [-0.05, 0) is 13.3 Å². The van der Waals surface area contributed by atoms with E-state index in [4.69, 9.17) is 0 Å². The number of hydrogen-bond donors (Lipinski definition) is 0. The molecule has 0 aliphatic carbocycles. The molecule has 1 aromatic carbocycles. The number of hydrogen-bond acceptors (Lipinski definition) is 3. The highest BCUT2D eigenvalue weighted by Gasteiger charge is 2.11. The predicted octanol–water partition coefficient (Wildman–Crippen LogP) is 3.20. The van der Waals surface area contributed by atoms with E-state index in [0.29, 0.717) is 12.8 Å². The smallest absolute Gasteiger partial charge is 0.163 e. The molecule has 2 rings (SSSR count). The van der Waals surface area contributed by atoms with Crippen LogP contribution in [0.15, 0.2) is 30.3 Å². The zero-order valence-corrected chi connectivity index (χ0v) is 12.2. The van der Waals surface area contributed by atoms with Gasteiger partial charge in [0.2, 0.25) is 0 Å². The van der Waals surface area contributed by atoms with Crippen molar-refractivity contribution < 1.29 is 4.79 Å². The van der Waals surface area contributed by atoms with Gasteiger partial charge in [-0.1, -0.05) is 43.7 Å². The molecule has 0 saturated carbocycles. The highest BCUT2D eigenvalue weighted by Crippen LogP contribution is 2.08. The summed E-state index contributed by atoms with van der Waals surface area (Å²) in [5, 5.41) is 4.39. The lowest BCUT2D eigenvalue weighted by molar-refractivity contribution is 0.0982. The van der Waals surface area contributed by atoms with E-state index < -0.39 is 0 Å². The van der Waals surface area contributed by atoms with Gasteiger partial charge in [-0.3, -0.25) is 4.79 Å². The van der Waals surface area contributed by atoms with Gasteiger partial charge in [0.25, 0.3) is 0 Å². The molecule has 4 heteroatoms. The van der Waals surface area contributed by atoms with E-state index in [9.17, 15) is 4.79 Å². The molecule has 0 atom stereocenters. The molecule has 0 aliphatic heterocycles. The molecule has 0 spiro atoms. The Morgan fingerprint density at radius 2 is 2.00 bits per heavy atom. The Labute approximate surface area is 119 Å². The maximum absolute atomic E-state index is 12.1. The van der Waals surface area contributed by atoms with Crippen molar-refractivity contribution in [2.75, 3.05) is 0 Å². The number of ketones is 1. The Morgan fingerprint density at radius 3 is 2.70 bits per heavy atom. The molecule has 2 aromatic rings. The first-order valence-corrected chi connectivity index (χ1v) is 7.19. The fourth-order valence-electron chi connectivity index (χ4n) is 2.16. The number of Topliss-reactive ketones (excluding diaryl/α,β-unsaturated/α-hetero) is 1. The monoisotopic (exact) mass is 271 g/mol. The highest BCUT2D eigenvalue weighted by molar-refractivity contribution is 5.96. The second kappa shape index (κ2) is 6.98. The third-order valence-corrected chi connectivity index (χ3v) is 3.25. The van der Waals surface area contributed by atoms with Crippen LogP contribution >= 0.6 is 0 Å². The van der Waals surface area contributed by atoms with E-state index in [0.717, 1.165) is 36.6 Å². The molecule has 0 fully saturated rings. The fourth-order valence-corrected chi connectivity index (χ4v) is 2.16. The number of carbonyl (C=O) groups is 1. The van der Waals surface area contributed by atoms with E-state index in [-0.39, 0.29) is 5.78 Å². The van der Waals surface area contributed by atoms with Crippen LogP contribution in [0, 0.1) is 6.92 Å². The molecule has 0 N–H and O–H groups in total. The minimum Gasteiger partial charge on any atom is -0.294 e. The number of aromatic nitrogens is 3. The van der Waals surface area contributed by atoms with Crippen LogP contribution in [0.25, 0.3) is 0 Å². The number of benzene rings is 1. The summed E-state index contributed by atoms with van der Waals surface area (Å²) < 4.78 is 1.94. The first-order valence-electron chi connectivity index (χ1n) is 7.19. The van der Waals surface area contributed by atoms with Crippen LogP contribution in [-0.4, -0.2) is 20.5 Å². The van der Waals surface area contributed by atoms with Gasteiger partial charge in [-0.25, -0.2) is 9.67 Å². The van der Waals surface area contributed by atoms with Crippen LogP contribution < -0.4 is 0 Å². The van der Waals surface area contributed by atoms with Gasteiger partial charge in [-0.15, -0.1) is 0 Å². The van der Waals surface area contributed by atoms with Crippen molar-refractivity contribution in [1.82, 2.24) is 14.8 Å². The van der Waals surface area contributed by atoms with Gasteiger partial charge in [0.1, 0.15) is 11.6 Å². The van der Waals surface area contributed by atoms with Gasteiger partial charge < -0.3 is 0 Å². The molecular formula is C16H21N3O. The molecule has 0 aliphatic rings. The van der Waals surface area contributed by atoms with Crippen LogP contribution in [0.3, 0.4) is 0 Å². The lowest BCUT2D eigenvalue weighted by Crippen LogP contribution is -2.08. The summed E-state index contributed by atoms with van der Waals surface area (Å²) in [5.74, 6) is 1.86. The first-order chi connectivity index (χ1) is 9.70. The van der Waals surface area contributed by atoms with Crippen LogP contribution in [0.2, 0.25) is 0 Å². The quantitative estimate of drug-likeness (QED) is 0.726. The predicted molar refractivity (Wildman–Crippen MR) is 78.8 cm³/mol. The standard InChI is InChI=1S/C16H21N3O/c1-3-4-12-19-16(17-13(2)18-19)11-10-15(20)14-8-6-5-7-9-14/h5-9H,3-4,10-12H2,1-2H3. The molecule has 1 heterocycles. The lowest BCUT2D eigenvalue weighted by atomic mass is 10.1. The van der Waals surface area contributed by atoms with Crippen LogP contribution in [0.1, 0.15) is 48.2 Å². The number of unbranched alkanes of at least 4 members (excludes halogenated alkanes) is 1. The van der Waals surface area contributed by atoms with Crippen LogP contribution in [0.5, 0.6) is 0 Å². The molecule has 1 aromatic heterocycles. The normalized spacial score (nSPS) is 10.7. The van der Waals surface area contributed by atoms with E-state index in [1.54, 1.807) is 0 Å². The molecule has 0 bridgehead atoms. The van der Waals surface area contributed by atoms with Gasteiger partial charge in [-0.2, -0.15) is 5.10 Å². The number of carbonyl (C=O) groups excluding carboxylic acids is 1. The van der Waals surface area contributed by atoms with E-state index >= 15 is 0 Å². The maximum atomic E-state index is 12.1. The summed E-state index contributed by atoms with van der Waals surface area (Å²) in [5.41, 5.74) is 0.767. The van der Waals surface area contributed by atoms with E-state index in [2.05, 4.69) is 17.0 Å². The second-order valence-electron chi connectivity index (χ2n) is 4.94. The van der Waals surface area contributed by atoms with Crippen LogP contribution in [-0.2, 0) is 13.0 Å². The molecule has 4 nitrogen and oxygen atoms in total. The second-order valence-corrected chi connectivity index (χ2v) is 4.94. The van der Waals surface area contributed by atoms with Gasteiger partial charge in [0, 0.05) is 24.9 Å². The highest BCUT2D eigenvalue weighted by atomic mass is 16.1. The third kappa shape index (κ3) is 3.76. The van der Waals surface area contributed by atoms with E-state index in [1.807, 2.05) is 41.9 Å². The van der Waals surface area contributed by atoms with Crippen molar-refractivity contribution in [2.45, 2.75) is 46.1 Å². The molecule has 0 radical (unpaired) electrons. The number of rotatable bonds is 7. The van der Waals surface area contributed by atoms with Crippen molar-refractivity contribution in [3.8, 4) is 0 Å². The molecule has 20 heavy (non-hydrogen) atoms. The summed E-state index contributed by atoms with van der Waals surface area (Å²) in [4.78, 5) is 16.5. The van der Waals surface area contributed by atoms with Gasteiger partial charge >= 0.3 is 0 Å². The Bertz CT molecular complexity index is 560. The minimum atomic E-state index is 0.160. The van der Waals surface area contributed by atoms with Crippen molar-refractivity contribution in [3.05, 3.63) is 47.5 Å². The topological polar surface area (TPSA) is 47.8 Å². The summed E-state index contributed by atoms with van der Waals surface area (Å²) >= 11 is 0. The number of aryl methyl sites for hydroxylation is 3. The van der Waals surface area contributed by atoms with Crippen molar-refractivity contribution >= 4 is 5.78 Å². The Balaban J connectivity index is 1.98. The molecule has 0 saturated heterocycles. The van der Waals surface area contributed by atoms with Crippen molar-refractivity contribution in [2.24, 2.45) is 0 Å². The van der Waals surface area contributed by atoms with Gasteiger partial charge in [0.05, 0.1) is 0 Å². The summed E-state index contributed by atoms with van der Waals surface area (Å²) in [6.45, 7) is 4.93. The zero-order chi connectivity index (χ0) is 14.4. The molecule has 0 unspecified atom stereocenters. The molecule has 0 amide bonds. The average molecular weight is 271 g/mol. The first kappa shape index (κ1) is 14.4. The van der Waals surface area contributed by atoms with Gasteiger partial charge in [0.15, 0.2) is 5.78 Å². The number of nitrogens with zero attached hydrogens (tertiary/aromatic N) is 3. The molecular weight excluding hydrogens is 250 g/mol. The van der Waals surface area contributed by atoms with E-state index in [1.165, 1.54) is 0 Å². The SMILES string of the molecule is CCCCn1nc(C)nc1CCC(=O)c1ccccc1. The third-order valence-electron chi connectivity index (χ3n) is 3.25. The fraction of sp³-hybridized carbons (Fsp3) is 0.438. The Hall–Kier alpha value is -1.97. The Kier molecular flexibility index (Phi) is 5.04. The summed E-state index contributed by atoms with van der Waals surface area (Å²) in [7, 11) is 0. The lowest BCUT2D eigenvalue weighted by Gasteiger charge is -2.05. The minimum absolute atomic E-state index is 0.160. The summed E-state index contributed by atoms with van der Waals surface area (Å²) in [6, 6.07) is 9.41. The van der Waals surface area contributed by atoms with Crippen molar-refractivity contribution in [3.63, 3.8) is 0 Å². The summed E-state index contributed by atoms with van der Waals surface area (Å²) in [6.07, 6.45) is 3.34. The largest absolute Gasteiger partial charge is 0.294 e. The Morgan fingerprint density at radius 1 is 1.25 bits per heavy atom. The molecule has 106 valence electrons. The average Bonchev–Trinajstić information content (AvgIpc) is 2.83. The maximum Gasteiger partial charge on any atom is 0.163 e. The van der Waals surface area contributed by atoms with Crippen LogP contribution in [0.4, 0.5) is 0 Å². The zero-order valence-electron chi connectivity index (χ0n) is 12.2. The van der Waals surface area contributed by atoms with Crippen molar-refractivity contribution in [1.29, 1.82) is 0 Å².